The van der Waals surface area contributed by atoms with E-state index in [9.17, 15) is 4.79 Å². The fourth-order valence-electron chi connectivity index (χ4n) is 2.07. The normalized spacial score (nSPS) is 11.8. The molecule has 122 valence electrons. The highest BCUT2D eigenvalue weighted by Crippen LogP contribution is 2.24. The summed E-state index contributed by atoms with van der Waals surface area (Å²) >= 11 is 3.41. The first-order valence-electron chi connectivity index (χ1n) is 7.34. The Hall–Kier alpha value is -1.85. The fraction of sp³-hybridized carbons (Fsp3) is 0.278. The number of rotatable bonds is 7. The van der Waals surface area contributed by atoms with Gasteiger partial charge < -0.3 is 14.2 Å². The number of esters is 1. The van der Waals surface area contributed by atoms with Gasteiger partial charge in [-0.3, -0.25) is 0 Å². The van der Waals surface area contributed by atoms with Crippen LogP contribution in [-0.4, -0.2) is 25.8 Å². The zero-order valence-electron chi connectivity index (χ0n) is 13.1. The highest BCUT2D eigenvalue weighted by molar-refractivity contribution is 9.10. The standard InChI is InChI=1S/C18H19BrO4/c1-3-22-18(20)17(21-2)11-13-7-9-15(10-8-13)23-16-6-4-5-14(19)12-16/h4-10,12,17H,3,11H2,1-2H3/t17-/m0/s1. The number of benzene rings is 2. The van der Waals surface area contributed by atoms with Crippen molar-refractivity contribution in [2.75, 3.05) is 13.7 Å². The lowest BCUT2D eigenvalue weighted by Crippen LogP contribution is -2.27. The highest BCUT2D eigenvalue weighted by Gasteiger charge is 2.19. The van der Waals surface area contributed by atoms with Crippen molar-refractivity contribution in [1.29, 1.82) is 0 Å². The van der Waals surface area contributed by atoms with Crippen LogP contribution in [0.4, 0.5) is 0 Å². The lowest BCUT2D eigenvalue weighted by Gasteiger charge is -2.14. The van der Waals surface area contributed by atoms with E-state index >= 15 is 0 Å². The van der Waals surface area contributed by atoms with Gasteiger partial charge in [-0.1, -0.05) is 34.1 Å². The summed E-state index contributed by atoms with van der Waals surface area (Å²) in [6.07, 6.45) is -0.126. The number of halogens is 1. The fourth-order valence-corrected chi connectivity index (χ4v) is 2.45. The molecule has 0 radical (unpaired) electrons. The average Bonchev–Trinajstić information content (AvgIpc) is 2.54. The molecule has 0 aliphatic rings. The van der Waals surface area contributed by atoms with Crippen LogP contribution >= 0.6 is 15.9 Å². The molecule has 0 aromatic heterocycles. The van der Waals surface area contributed by atoms with Crippen molar-refractivity contribution >= 4 is 21.9 Å². The molecule has 0 aliphatic heterocycles. The molecule has 4 nitrogen and oxygen atoms in total. The number of ether oxygens (including phenoxy) is 3. The van der Waals surface area contributed by atoms with E-state index in [0.717, 1.165) is 21.5 Å². The Morgan fingerprint density at radius 1 is 1.13 bits per heavy atom. The predicted octanol–water partition coefficient (Wildman–Crippen LogP) is 4.36. The van der Waals surface area contributed by atoms with Gasteiger partial charge in [0, 0.05) is 18.0 Å². The van der Waals surface area contributed by atoms with Crippen molar-refractivity contribution in [3.05, 3.63) is 58.6 Å². The molecular formula is C18H19BrO4. The van der Waals surface area contributed by atoms with Crippen LogP contribution in [0.15, 0.2) is 53.0 Å². The molecular weight excluding hydrogens is 360 g/mol. The van der Waals surface area contributed by atoms with E-state index in [0.29, 0.717) is 13.0 Å². The van der Waals surface area contributed by atoms with E-state index in [4.69, 9.17) is 14.2 Å². The summed E-state index contributed by atoms with van der Waals surface area (Å²) in [5.41, 5.74) is 0.978. The molecule has 2 aromatic carbocycles. The first kappa shape index (κ1) is 17.5. The van der Waals surface area contributed by atoms with Gasteiger partial charge in [0.1, 0.15) is 11.5 Å². The first-order valence-corrected chi connectivity index (χ1v) is 8.13. The van der Waals surface area contributed by atoms with Gasteiger partial charge in [0.25, 0.3) is 0 Å². The summed E-state index contributed by atoms with van der Waals surface area (Å²) in [6.45, 7) is 2.12. The van der Waals surface area contributed by atoms with Crippen molar-refractivity contribution in [3.63, 3.8) is 0 Å². The van der Waals surface area contributed by atoms with Crippen LogP contribution in [0.3, 0.4) is 0 Å². The minimum Gasteiger partial charge on any atom is -0.464 e. The third kappa shape index (κ3) is 5.37. The van der Waals surface area contributed by atoms with Crippen molar-refractivity contribution in [2.45, 2.75) is 19.4 Å². The minimum absolute atomic E-state index is 0.343. The maximum atomic E-state index is 11.7. The average molecular weight is 379 g/mol. The van der Waals surface area contributed by atoms with E-state index in [1.165, 1.54) is 7.11 Å². The summed E-state index contributed by atoms with van der Waals surface area (Å²) in [7, 11) is 1.51. The molecule has 23 heavy (non-hydrogen) atoms. The molecule has 0 saturated heterocycles. The second-order valence-electron chi connectivity index (χ2n) is 4.88. The van der Waals surface area contributed by atoms with Crippen molar-refractivity contribution < 1.29 is 19.0 Å². The Balaban J connectivity index is 2.00. The number of hydrogen-bond acceptors (Lipinski definition) is 4. The predicted molar refractivity (Wildman–Crippen MR) is 91.8 cm³/mol. The van der Waals surface area contributed by atoms with Crippen LogP contribution < -0.4 is 4.74 Å². The molecule has 0 saturated carbocycles. The van der Waals surface area contributed by atoms with Crippen LogP contribution in [0, 0.1) is 0 Å². The first-order chi connectivity index (χ1) is 11.1. The van der Waals surface area contributed by atoms with Crippen LogP contribution in [-0.2, 0) is 20.7 Å². The smallest absolute Gasteiger partial charge is 0.335 e. The van der Waals surface area contributed by atoms with Crippen molar-refractivity contribution in [3.8, 4) is 11.5 Å². The Morgan fingerprint density at radius 2 is 1.87 bits per heavy atom. The Kier molecular flexibility index (Phi) is 6.62. The van der Waals surface area contributed by atoms with Crippen LogP contribution in [0.1, 0.15) is 12.5 Å². The summed E-state index contributed by atoms with van der Waals surface area (Å²) in [4.78, 5) is 11.7. The summed E-state index contributed by atoms with van der Waals surface area (Å²) in [5, 5.41) is 0. The molecule has 0 spiro atoms. The quantitative estimate of drug-likeness (QED) is 0.671. The molecule has 0 fully saturated rings. The third-order valence-corrected chi connectivity index (χ3v) is 3.70. The molecule has 5 heteroatoms. The number of hydrogen-bond donors (Lipinski definition) is 0. The minimum atomic E-state index is -0.591. The van der Waals surface area contributed by atoms with Crippen molar-refractivity contribution in [1.82, 2.24) is 0 Å². The molecule has 0 bridgehead atoms. The summed E-state index contributed by atoms with van der Waals surface area (Å²) in [6, 6.07) is 15.2. The van der Waals surface area contributed by atoms with E-state index in [1.807, 2.05) is 48.5 Å². The second-order valence-corrected chi connectivity index (χ2v) is 5.80. The van der Waals surface area contributed by atoms with E-state index in [2.05, 4.69) is 15.9 Å². The Labute approximate surface area is 144 Å². The van der Waals surface area contributed by atoms with Gasteiger partial charge in [0.2, 0.25) is 0 Å². The van der Waals surface area contributed by atoms with Gasteiger partial charge in [-0.25, -0.2) is 4.79 Å². The van der Waals surface area contributed by atoms with Gasteiger partial charge in [0.15, 0.2) is 6.10 Å². The molecule has 0 aliphatic carbocycles. The Bertz CT molecular complexity index is 640. The van der Waals surface area contributed by atoms with Gasteiger partial charge in [-0.05, 0) is 42.8 Å². The second kappa shape index (κ2) is 8.70. The number of methoxy groups -OCH3 is 1. The maximum absolute atomic E-state index is 11.7. The molecule has 2 rings (SSSR count). The van der Waals surface area contributed by atoms with E-state index in [1.54, 1.807) is 6.92 Å². The monoisotopic (exact) mass is 378 g/mol. The molecule has 0 heterocycles. The van der Waals surface area contributed by atoms with E-state index < -0.39 is 6.10 Å². The molecule has 0 unspecified atom stereocenters. The van der Waals surface area contributed by atoms with Gasteiger partial charge in [-0.2, -0.15) is 0 Å². The number of carbonyl (C=O) groups is 1. The lowest BCUT2D eigenvalue weighted by molar-refractivity contribution is -0.154. The molecule has 0 amide bonds. The third-order valence-electron chi connectivity index (χ3n) is 3.21. The lowest BCUT2D eigenvalue weighted by atomic mass is 10.1. The van der Waals surface area contributed by atoms with Crippen LogP contribution in [0.5, 0.6) is 11.5 Å². The maximum Gasteiger partial charge on any atom is 0.335 e. The van der Waals surface area contributed by atoms with E-state index in [-0.39, 0.29) is 5.97 Å². The molecule has 2 aromatic rings. The summed E-state index contributed by atoms with van der Waals surface area (Å²) < 4.78 is 16.9. The van der Waals surface area contributed by atoms with Gasteiger partial charge in [0.05, 0.1) is 6.61 Å². The Morgan fingerprint density at radius 3 is 2.48 bits per heavy atom. The highest BCUT2D eigenvalue weighted by atomic mass is 79.9. The molecule has 0 N–H and O–H groups in total. The number of carbonyl (C=O) groups excluding carboxylic acids is 1. The van der Waals surface area contributed by atoms with Gasteiger partial charge >= 0.3 is 5.97 Å². The largest absolute Gasteiger partial charge is 0.464 e. The van der Waals surface area contributed by atoms with Crippen LogP contribution in [0.2, 0.25) is 0 Å². The molecule has 1 atom stereocenters. The van der Waals surface area contributed by atoms with Gasteiger partial charge in [-0.15, -0.1) is 0 Å². The van der Waals surface area contributed by atoms with Crippen LogP contribution in [0.25, 0.3) is 0 Å². The zero-order chi connectivity index (χ0) is 16.7. The summed E-state index contributed by atoms with van der Waals surface area (Å²) in [5.74, 6) is 1.15. The topological polar surface area (TPSA) is 44.8 Å². The SMILES string of the molecule is CCOC(=O)[C@H](Cc1ccc(Oc2cccc(Br)c2)cc1)OC. The zero-order valence-corrected chi connectivity index (χ0v) is 14.7. The van der Waals surface area contributed by atoms with Crippen molar-refractivity contribution in [2.24, 2.45) is 0 Å².